The molecule has 0 unspecified atom stereocenters. The van der Waals surface area contributed by atoms with E-state index >= 15 is 0 Å². The van der Waals surface area contributed by atoms with E-state index in [1.165, 1.54) is 0 Å². The van der Waals surface area contributed by atoms with E-state index in [1.807, 2.05) is 34.6 Å². The quantitative estimate of drug-likeness (QED) is 0.649. The number of thioether (sulfide) groups is 1. The van der Waals surface area contributed by atoms with Gasteiger partial charge in [-0.2, -0.15) is 0 Å². The van der Waals surface area contributed by atoms with Crippen molar-refractivity contribution in [3.05, 3.63) is 17.0 Å². The maximum absolute atomic E-state index is 9.59. The van der Waals surface area contributed by atoms with Crippen molar-refractivity contribution in [3.63, 3.8) is 0 Å². The third-order valence-electron chi connectivity index (χ3n) is 2.56. The van der Waals surface area contributed by atoms with Crippen molar-refractivity contribution in [1.82, 2.24) is 9.97 Å². The largest absolute Gasteiger partial charge is 0.390 e. The van der Waals surface area contributed by atoms with Crippen molar-refractivity contribution in [1.29, 1.82) is 0 Å². The lowest BCUT2D eigenvalue weighted by Gasteiger charge is -2.16. The van der Waals surface area contributed by atoms with E-state index in [0.717, 1.165) is 34.3 Å². The summed E-state index contributed by atoms with van der Waals surface area (Å²) in [5, 5.41) is 10.4. The Bertz CT molecular complexity index is 349. The van der Waals surface area contributed by atoms with E-state index in [9.17, 15) is 5.11 Å². The molecule has 1 aromatic rings. The highest BCUT2D eigenvalue weighted by molar-refractivity contribution is 7.99. The number of aromatic nitrogens is 2. The first-order valence-electron chi connectivity index (χ1n) is 5.46. The highest BCUT2D eigenvalue weighted by atomic mass is 32.2. The van der Waals surface area contributed by atoms with Gasteiger partial charge in [0.15, 0.2) is 5.16 Å². The topological polar surface area (TPSA) is 46.0 Å². The summed E-state index contributed by atoms with van der Waals surface area (Å²) in [6.45, 7) is 9.68. The Labute approximate surface area is 102 Å². The third-order valence-corrected chi connectivity index (χ3v) is 3.41. The van der Waals surface area contributed by atoms with Gasteiger partial charge in [0.05, 0.1) is 5.60 Å². The van der Waals surface area contributed by atoms with Crippen LogP contribution < -0.4 is 0 Å². The first kappa shape index (κ1) is 13.5. The zero-order valence-electron chi connectivity index (χ0n) is 10.7. The number of nitrogens with zero attached hydrogens (tertiary/aromatic N) is 2. The summed E-state index contributed by atoms with van der Waals surface area (Å²) < 4.78 is 0. The van der Waals surface area contributed by atoms with Crippen LogP contribution in [0.25, 0.3) is 0 Å². The number of aliphatic hydroxyl groups is 1. The first-order chi connectivity index (χ1) is 7.29. The van der Waals surface area contributed by atoms with Crippen molar-refractivity contribution in [2.75, 3.05) is 5.75 Å². The molecule has 0 spiro atoms. The van der Waals surface area contributed by atoms with Crippen molar-refractivity contribution >= 4 is 11.8 Å². The molecule has 0 aromatic carbocycles. The fourth-order valence-electron chi connectivity index (χ4n) is 1.20. The van der Waals surface area contributed by atoms with Gasteiger partial charge in [0.25, 0.3) is 0 Å². The lowest BCUT2D eigenvalue weighted by Crippen LogP contribution is -2.19. The Hall–Kier alpha value is -0.610. The Morgan fingerprint density at radius 2 is 1.62 bits per heavy atom. The lowest BCUT2D eigenvalue weighted by molar-refractivity contribution is 0.0777. The van der Waals surface area contributed by atoms with Crippen molar-refractivity contribution in [2.45, 2.75) is 51.8 Å². The number of hydrogen-bond donors (Lipinski definition) is 1. The summed E-state index contributed by atoms with van der Waals surface area (Å²) in [7, 11) is 0. The predicted molar refractivity (Wildman–Crippen MR) is 67.9 cm³/mol. The molecule has 1 rings (SSSR count). The average Bonchev–Trinajstić information content (AvgIpc) is 2.12. The van der Waals surface area contributed by atoms with Crippen LogP contribution in [0.15, 0.2) is 5.16 Å². The van der Waals surface area contributed by atoms with Crippen LogP contribution in [0.3, 0.4) is 0 Å². The standard InChI is InChI=1S/C12H20N2OS/c1-8-9(2)13-11(14-10(8)3)16-7-6-12(4,5)15/h15H,6-7H2,1-5H3. The number of rotatable bonds is 4. The first-order valence-corrected chi connectivity index (χ1v) is 6.45. The van der Waals surface area contributed by atoms with Gasteiger partial charge >= 0.3 is 0 Å². The van der Waals surface area contributed by atoms with Crippen LogP contribution in [-0.4, -0.2) is 26.4 Å². The molecule has 0 aliphatic heterocycles. The van der Waals surface area contributed by atoms with Crippen LogP contribution >= 0.6 is 11.8 Å². The van der Waals surface area contributed by atoms with Crippen molar-refractivity contribution in [2.24, 2.45) is 0 Å². The molecule has 4 heteroatoms. The SMILES string of the molecule is Cc1nc(SCCC(C)(C)O)nc(C)c1C. The minimum absolute atomic E-state index is 0.609. The van der Waals surface area contributed by atoms with Crippen LogP contribution in [-0.2, 0) is 0 Å². The summed E-state index contributed by atoms with van der Waals surface area (Å²) in [5.41, 5.74) is 2.63. The summed E-state index contributed by atoms with van der Waals surface area (Å²) >= 11 is 1.60. The zero-order valence-corrected chi connectivity index (χ0v) is 11.5. The molecule has 0 radical (unpaired) electrons. The lowest BCUT2D eigenvalue weighted by atomic mass is 10.1. The van der Waals surface area contributed by atoms with E-state index in [-0.39, 0.29) is 0 Å². The molecule has 0 aliphatic rings. The maximum atomic E-state index is 9.59. The van der Waals surface area contributed by atoms with Gasteiger partial charge in [-0.05, 0) is 46.6 Å². The molecule has 90 valence electrons. The molecule has 0 aliphatic carbocycles. The smallest absolute Gasteiger partial charge is 0.187 e. The molecule has 1 N–H and O–H groups in total. The van der Waals surface area contributed by atoms with Crippen LogP contribution in [0.4, 0.5) is 0 Å². The van der Waals surface area contributed by atoms with E-state index in [2.05, 4.69) is 9.97 Å². The predicted octanol–water partition coefficient (Wildman–Crippen LogP) is 2.65. The molecule has 1 heterocycles. The van der Waals surface area contributed by atoms with E-state index in [0.29, 0.717) is 0 Å². The molecule has 0 atom stereocenters. The van der Waals surface area contributed by atoms with Gasteiger partial charge in [0, 0.05) is 17.1 Å². The van der Waals surface area contributed by atoms with Crippen molar-refractivity contribution in [3.8, 4) is 0 Å². The van der Waals surface area contributed by atoms with E-state index in [1.54, 1.807) is 11.8 Å². The second kappa shape index (κ2) is 5.15. The van der Waals surface area contributed by atoms with Crippen LogP contribution in [0.2, 0.25) is 0 Å². The fourth-order valence-corrected chi connectivity index (χ4v) is 2.39. The summed E-state index contributed by atoms with van der Waals surface area (Å²) in [4.78, 5) is 8.85. The molecule has 3 nitrogen and oxygen atoms in total. The van der Waals surface area contributed by atoms with E-state index < -0.39 is 5.60 Å². The molecule has 0 bridgehead atoms. The monoisotopic (exact) mass is 240 g/mol. The van der Waals surface area contributed by atoms with Gasteiger partial charge < -0.3 is 5.11 Å². The Morgan fingerprint density at radius 1 is 1.12 bits per heavy atom. The zero-order chi connectivity index (χ0) is 12.3. The van der Waals surface area contributed by atoms with Crippen LogP contribution in [0.1, 0.15) is 37.2 Å². The molecular weight excluding hydrogens is 220 g/mol. The van der Waals surface area contributed by atoms with E-state index in [4.69, 9.17) is 0 Å². The molecule has 16 heavy (non-hydrogen) atoms. The molecule has 0 amide bonds. The normalized spacial score (nSPS) is 11.9. The van der Waals surface area contributed by atoms with Crippen molar-refractivity contribution < 1.29 is 5.11 Å². The van der Waals surface area contributed by atoms with Gasteiger partial charge in [-0.25, -0.2) is 9.97 Å². The number of aryl methyl sites for hydroxylation is 2. The Balaban J connectivity index is 2.62. The van der Waals surface area contributed by atoms with Gasteiger partial charge in [0.1, 0.15) is 0 Å². The minimum Gasteiger partial charge on any atom is -0.390 e. The average molecular weight is 240 g/mol. The van der Waals surface area contributed by atoms with Gasteiger partial charge in [0.2, 0.25) is 0 Å². The molecule has 0 saturated heterocycles. The Morgan fingerprint density at radius 3 is 2.06 bits per heavy atom. The minimum atomic E-state index is -0.609. The van der Waals surface area contributed by atoms with Gasteiger partial charge in [-0.15, -0.1) is 0 Å². The fraction of sp³-hybridized carbons (Fsp3) is 0.667. The number of hydrogen-bond acceptors (Lipinski definition) is 4. The molecule has 1 aromatic heterocycles. The molecular formula is C12H20N2OS. The van der Waals surface area contributed by atoms with Gasteiger partial charge in [-0.3, -0.25) is 0 Å². The maximum Gasteiger partial charge on any atom is 0.187 e. The van der Waals surface area contributed by atoms with Crippen LogP contribution in [0, 0.1) is 20.8 Å². The summed E-state index contributed by atoms with van der Waals surface area (Å²) in [5.74, 6) is 0.839. The molecule has 0 fully saturated rings. The Kier molecular flexibility index (Phi) is 4.33. The molecule has 0 saturated carbocycles. The highest BCUT2D eigenvalue weighted by Gasteiger charge is 2.13. The van der Waals surface area contributed by atoms with Crippen LogP contribution in [0.5, 0.6) is 0 Å². The third kappa shape index (κ3) is 4.10. The second-order valence-electron chi connectivity index (χ2n) is 4.71. The van der Waals surface area contributed by atoms with Gasteiger partial charge in [-0.1, -0.05) is 11.8 Å². The summed E-state index contributed by atoms with van der Waals surface area (Å²) in [6, 6.07) is 0. The second-order valence-corrected chi connectivity index (χ2v) is 5.77. The summed E-state index contributed by atoms with van der Waals surface area (Å²) in [6.07, 6.45) is 0.743. The highest BCUT2D eigenvalue weighted by Crippen LogP contribution is 2.20.